The molecule has 2 atom stereocenters. The van der Waals surface area contributed by atoms with Crippen molar-refractivity contribution in [2.75, 3.05) is 17.2 Å². The smallest absolute Gasteiger partial charge is 0.225 e. The maximum Gasteiger partial charge on any atom is 0.225 e. The predicted molar refractivity (Wildman–Crippen MR) is 85.1 cm³/mol. The summed E-state index contributed by atoms with van der Waals surface area (Å²) in [5, 5.41) is 0. The standard InChI is InChI=1S/C14H25N5S/c1-9-5-10(2)7-11(6-9)3-4-20-8-12-17-13(15)19-14(16)18-12/h9-11H,3-8H2,1-2H3,(H4,15,16,17,18,19). The fraction of sp³-hybridized carbons (Fsp3) is 0.786. The van der Waals surface area contributed by atoms with Crippen molar-refractivity contribution in [1.82, 2.24) is 15.0 Å². The van der Waals surface area contributed by atoms with E-state index in [4.69, 9.17) is 11.5 Å². The van der Waals surface area contributed by atoms with Crippen molar-refractivity contribution >= 4 is 23.7 Å². The molecule has 1 aliphatic carbocycles. The average Bonchev–Trinajstić information content (AvgIpc) is 2.32. The van der Waals surface area contributed by atoms with Crippen LogP contribution in [0.1, 0.15) is 45.4 Å². The summed E-state index contributed by atoms with van der Waals surface area (Å²) in [6.45, 7) is 4.76. The van der Waals surface area contributed by atoms with Gasteiger partial charge in [0.2, 0.25) is 11.9 Å². The van der Waals surface area contributed by atoms with Gasteiger partial charge in [-0.15, -0.1) is 0 Å². The molecule has 2 rings (SSSR count). The molecule has 112 valence electrons. The monoisotopic (exact) mass is 295 g/mol. The number of nitrogens with two attached hydrogens (primary N) is 2. The number of hydrogen-bond donors (Lipinski definition) is 2. The molecule has 0 amide bonds. The Labute approximate surface area is 125 Å². The van der Waals surface area contributed by atoms with Crippen LogP contribution < -0.4 is 11.5 Å². The molecule has 1 saturated carbocycles. The topological polar surface area (TPSA) is 90.7 Å². The first-order valence-electron chi connectivity index (χ1n) is 7.36. The fourth-order valence-electron chi connectivity index (χ4n) is 3.28. The molecule has 2 unspecified atom stereocenters. The van der Waals surface area contributed by atoms with Gasteiger partial charge in [-0.1, -0.05) is 13.8 Å². The second kappa shape index (κ2) is 7.11. The lowest BCUT2D eigenvalue weighted by Gasteiger charge is -2.31. The Morgan fingerprint density at radius 2 is 1.60 bits per heavy atom. The van der Waals surface area contributed by atoms with Gasteiger partial charge in [-0.3, -0.25) is 0 Å². The molecule has 1 aromatic rings. The summed E-state index contributed by atoms with van der Waals surface area (Å²) in [6.07, 6.45) is 5.45. The summed E-state index contributed by atoms with van der Waals surface area (Å²) >= 11 is 1.86. The van der Waals surface area contributed by atoms with Crippen LogP contribution >= 0.6 is 11.8 Å². The van der Waals surface area contributed by atoms with Gasteiger partial charge in [0.05, 0.1) is 5.75 Å². The van der Waals surface area contributed by atoms with E-state index in [0.29, 0.717) is 5.82 Å². The van der Waals surface area contributed by atoms with Crippen molar-refractivity contribution in [2.24, 2.45) is 17.8 Å². The Kier molecular flexibility index (Phi) is 5.46. The Hall–Kier alpha value is -1.04. The van der Waals surface area contributed by atoms with Crippen LogP contribution in [0.2, 0.25) is 0 Å². The lowest BCUT2D eigenvalue weighted by molar-refractivity contribution is 0.216. The molecule has 0 saturated heterocycles. The van der Waals surface area contributed by atoms with Gasteiger partial charge in [0.25, 0.3) is 0 Å². The maximum atomic E-state index is 5.56. The number of nitrogens with zero attached hydrogens (tertiary/aromatic N) is 3. The molecule has 0 bridgehead atoms. The zero-order chi connectivity index (χ0) is 14.5. The quantitative estimate of drug-likeness (QED) is 0.812. The zero-order valence-corrected chi connectivity index (χ0v) is 13.2. The summed E-state index contributed by atoms with van der Waals surface area (Å²) in [4.78, 5) is 12.0. The Morgan fingerprint density at radius 1 is 1.00 bits per heavy atom. The van der Waals surface area contributed by atoms with Crippen LogP contribution in [0.3, 0.4) is 0 Å². The number of rotatable bonds is 5. The van der Waals surface area contributed by atoms with Gasteiger partial charge >= 0.3 is 0 Å². The predicted octanol–water partition coefficient (Wildman–Crippen LogP) is 2.73. The molecule has 1 aliphatic rings. The highest BCUT2D eigenvalue weighted by Crippen LogP contribution is 2.35. The van der Waals surface area contributed by atoms with Crippen molar-refractivity contribution in [3.8, 4) is 0 Å². The fourth-order valence-corrected chi connectivity index (χ4v) is 4.24. The van der Waals surface area contributed by atoms with E-state index in [1.165, 1.54) is 25.7 Å². The summed E-state index contributed by atoms with van der Waals surface area (Å²) in [6, 6.07) is 0. The minimum absolute atomic E-state index is 0.211. The highest BCUT2D eigenvalue weighted by atomic mass is 32.2. The first kappa shape index (κ1) is 15.4. The van der Waals surface area contributed by atoms with Crippen LogP contribution in [-0.2, 0) is 5.75 Å². The van der Waals surface area contributed by atoms with Crippen molar-refractivity contribution in [2.45, 2.75) is 45.3 Å². The van der Waals surface area contributed by atoms with E-state index in [1.54, 1.807) is 0 Å². The highest BCUT2D eigenvalue weighted by molar-refractivity contribution is 7.98. The number of thioether (sulfide) groups is 1. The Morgan fingerprint density at radius 3 is 2.20 bits per heavy atom. The molecule has 1 fully saturated rings. The van der Waals surface area contributed by atoms with E-state index < -0.39 is 0 Å². The van der Waals surface area contributed by atoms with Gasteiger partial charge in [-0.2, -0.15) is 26.7 Å². The molecule has 20 heavy (non-hydrogen) atoms. The summed E-state index contributed by atoms with van der Waals surface area (Å²) < 4.78 is 0. The van der Waals surface area contributed by atoms with E-state index >= 15 is 0 Å². The Bertz CT molecular complexity index is 409. The molecule has 1 heterocycles. The molecule has 0 radical (unpaired) electrons. The summed E-state index contributed by atoms with van der Waals surface area (Å²) in [5.41, 5.74) is 11.1. The highest BCUT2D eigenvalue weighted by Gasteiger charge is 2.23. The van der Waals surface area contributed by atoms with Crippen molar-refractivity contribution in [3.05, 3.63) is 5.82 Å². The van der Waals surface area contributed by atoms with Gasteiger partial charge in [-0.25, -0.2) is 0 Å². The summed E-state index contributed by atoms with van der Waals surface area (Å²) in [5.74, 6) is 5.67. The molecule has 0 spiro atoms. The molecule has 6 heteroatoms. The number of anilines is 2. The molecular weight excluding hydrogens is 270 g/mol. The third-order valence-corrected chi connectivity index (χ3v) is 4.88. The molecule has 4 N–H and O–H groups in total. The van der Waals surface area contributed by atoms with Crippen molar-refractivity contribution < 1.29 is 0 Å². The largest absolute Gasteiger partial charge is 0.368 e. The number of nitrogen functional groups attached to an aromatic ring is 2. The van der Waals surface area contributed by atoms with Crippen LogP contribution in [0.15, 0.2) is 0 Å². The lowest BCUT2D eigenvalue weighted by atomic mass is 9.76. The van der Waals surface area contributed by atoms with E-state index in [1.807, 2.05) is 11.8 Å². The molecule has 0 aromatic carbocycles. The number of aromatic nitrogens is 3. The summed E-state index contributed by atoms with van der Waals surface area (Å²) in [7, 11) is 0. The zero-order valence-electron chi connectivity index (χ0n) is 12.4. The van der Waals surface area contributed by atoms with Crippen LogP contribution in [0.5, 0.6) is 0 Å². The van der Waals surface area contributed by atoms with Gasteiger partial charge in [0, 0.05) is 0 Å². The lowest BCUT2D eigenvalue weighted by Crippen LogP contribution is -2.20. The van der Waals surface area contributed by atoms with Gasteiger partial charge in [-0.05, 0) is 49.2 Å². The molecule has 5 nitrogen and oxygen atoms in total. The van der Waals surface area contributed by atoms with Gasteiger partial charge in [0.1, 0.15) is 5.82 Å². The van der Waals surface area contributed by atoms with Crippen LogP contribution in [0.4, 0.5) is 11.9 Å². The number of hydrogen-bond acceptors (Lipinski definition) is 6. The molecular formula is C14H25N5S. The first-order valence-corrected chi connectivity index (χ1v) is 8.52. The van der Waals surface area contributed by atoms with E-state index in [-0.39, 0.29) is 11.9 Å². The SMILES string of the molecule is CC1CC(C)CC(CCSCc2nc(N)nc(N)n2)C1. The van der Waals surface area contributed by atoms with Gasteiger partial charge in [0.15, 0.2) is 0 Å². The first-order chi connectivity index (χ1) is 9.52. The van der Waals surface area contributed by atoms with Crippen molar-refractivity contribution in [1.29, 1.82) is 0 Å². The molecule has 0 aliphatic heterocycles. The second-order valence-corrected chi connectivity index (χ2v) is 7.20. The van der Waals surface area contributed by atoms with Crippen LogP contribution in [-0.4, -0.2) is 20.7 Å². The maximum absolute atomic E-state index is 5.56. The minimum Gasteiger partial charge on any atom is -0.368 e. The van der Waals surface area contributed by atoms with Gasteiger partial charge < -0.3 is 11.5 Å². The van der Waals surface area contributed by atoms with Crippen LogP contribution in [0, 0.1) is 17.8 Å². The van der Waals surface area contributed by atoms with E-state index in [2.05, 4.69) is 28.8 Å². The minimum atomic E-state index is 0.211. The van der Waals surface area contributed by atoms with E-state index in [9.17, 15) is 0 Å². The average molecular weight is 295 g/mol. The van der Waals surface area contributed by atoms with Crippen LogP contribution in [0.25, 0.3) is 0 Å². The normalized spacial score (nSPS) is 26.6. The third kappa shape index (κ3) is 4.81. The third-order valence-electron chi connectivity index (χ3n) is 3.89. The van der Waals surface area contributed by atoms with Crippen molar-refractivity contribution in [3.63, 3.8) is 0 Å². The molecule has 1 aromatic heterocycles. The van der Waals surface area contributed by atoms with E-state index in [0.717, 1.165) is 29.3 Å². The second-order valence-electron chi connectivity index (χ2n) is 6.09. The Balaban J connectivity index is 1.71.